The van der Waals surface area contributed by atoms with Crippen molar-refractivity contribution in [2.75, 3.05) is 7.05 Å². The molecule has 1 atom stereocenters. The molecule has 0 heterocycles. The number of benzene rings is 1. The first-order valence-corrected chi connectivity index (χ1v) is 6.64. The molecule has 0 aliphatic carbocycles. The highest BCUT2D eigenvalue weighted by Crippen LogP contribution is 2.29. The van der Waals surface area contributed by atoms with E-state index in [1.54, 1.807) is 0 Å². The van der Waals surface area contributed by atoms with Crippen LogP contribution in [0.15, 0.2) is 18.2 Å². The normalized spacial score (nSPS) is 13.8. The van der Waals surface area contributed by atoms with E-state index in [1.165, 1.54) is 12.0 Å². The molecule has 0 radical (unpaired) electrons. The van der Waals surface area contributed by atoms with Gasteiger partial charge in [-0.2, -0.15) is 0 Å². The van der Waals surface area contributed by atoms with Crippen LogP contribution in [-0.2, 0) is 0 Å². The molecule has 0 bridgehead atoms. The smallest absolute Gasteiger partial charge is 0.0438 e. The fourth-order valence-corrected chi connectivity index (χ4v) is 2.07. The Hall–Kier alpha value is -0.530. The highest BCUT2D eigenvalue weighted by atomic mass is 35.5. The molecule has 1 unspecified atom stereocenters. The number of hydrogen-bond acceptors (Lipinski definition) is 1. The van der Waals surface area contributed by atoms with Crippen LogP contribution in [0.3, 0.4) is 0 Å². The van der Waals surface area contributed by atoms with Crippen molar-refractivity contribution in [1.29, 1.82) is 0 Å². The molecule has 17 heavy (non-hydrogen) atoms. The van der Waals surface area contributed by atoms with E-state index in [-0.39, 0.29) is 0 Å². The number of aryl methyl sites for hydroxylation is 1. The molecule has 96 valence electrons. The predicted molar refractivity (Wildman–Crippen MR) is 76.7 cm³/mol. The second-order valence-corrected chi connectivity index (χ2v) is 6.36. The lowest BCUT2D eigenvalue weighted by molar-refractivity contribution is 0.338. The maximum Gasteiger partial charge on any atom is 0.0438 e. The summed E-state index contributed by atoms with van der Waals surface area (Å²) in [6.45, 7) is 8.88. The van der Waals surface area contributed by atoms with Crippen molar-refractivity contribution in [2.24, 2.45) is 5.41 Å². The SMILES string of the molecule is CNC(CCC(C)(C)C)c1ccc(C)c(Cl)c1. The molecule has 1 aromatic carbocycles. The van der Waals surface area contributed by atoms with Crippen LogP contribution in [0.2, 0.25) is 5.02 Å². The average molecular weight is 254 g/mol. The molecular formula is C15H24ClN. The summed E-state index contributed by atoms with van der Waals surface area (Å²) in [5.74, 6) is 0. The van der Waals surface area contributed by atoms with Crippen molar-refractivity contribution in [2.45, 2.75) is 46.6 Å². The van der Waals surface area contributed by atoms with Gasteiger partial charge >= 0.3 is 0 Å². The number of nitrogens with one attached hydrogen (secondary N) is 1. The Balaban J connectivity index is 2.76. The molecule has 0 aliphatic rings. The summed E-state index contributed by atoms with van der Waals surface area (Å²) in [7, 11) is 2.01. The van der Waals surface area contributed by atoms with Crippen molar-refractivity contribution < 1.29 is 0 Å². The molecule has 0 saturated carbocycles. The zero-order valence-electron chi connectivity index (χ0n) is 11.6. The average Bonchev–Trinajstić information content (AvgIpc) is 2.22. The molecule has 0 amide bonds. The van der Waals surface area contributed by atoms with E-state index in [1.807, 2.05) is 14.0 Å². The Kier molecular flexibility index (Phi) is 5.03. The second-order valence-electron chi connectivity index (χ2n) is 5.95. The lowest BCUT2D eigenvalue weighted by atomic mass is 9.87. The molecule has 1 rings (SSSR count). The van der Waals surface area contributed by atoms with Crippen LogP contribution in [0.1, 0.15) is 50.8 Å². The highest BCUT2D eigenvalue weighted by Gasteiger charge is 2.16. The molecule has 0 saturated heterocycles. The van der Waals surface area contributed by atoms with E-state index in [0.717, 1.165) is 17.0 Å². The number of hydrogen-bond donors (Lipinski definition) is 1. The summed E-state index contributed by atoms with van der Waals surface area (Å²) in [6, 6.07) is 6.75. The quantitative estimate of drug-likeness (QED) is 0.818. The van der Waals surface area contributed by atoms with Crippen molar-refractivity contribution in [1.82, 2.24) is 5.32 Å². The predicted octanol–water partition coefficient (Wildman–Crippen LogP) is 4.74. The summed E-state index contributed by atoms with van der Waals surface area (Å²) >= 11 is 6.18. The fourth-order valence-electron chi connectivity index (χ4n) is 1.88. The summed E-state index contributed by atoms with van der Waals surface area (Å²) in [5, 5.41) is 4.24. The number of halogens is 1. The van der Waals surface area contributed by atoms with Crippen molar-refractivity contribution in [3.05, 3.63) is 34.3 Å². The van der Waals surface area contributed by atoms with E-state index < -0.39 is 0 Å². The molecule has 0 spiro atoms. The summed E-state index contributed by atoms with van der Waals surface area (Å²) in [4.78, 5) is 0. The Morgan fingerprint density at radius 1 is 1.29 bits per heavy atom. The van der Waals surface area contributed by atoms with E-state index in [4.69, 9.17) is 11.6 Å². The van der Waals surface area contributed by atoms with Crippen LogP contribution in [0.5, 0.6) is 0 Å². The zero-order valence-corrected chi connectivity index (χ0v) is 12.4. The Labute approximate surface area is 111 Å². The van der Waals surface area contributed by atoms with Gasteiger partial charge in [0.15, 0.2) is 0 Å². The maximum atomic E-state index is 6.18. The van der Waals surface area contributed by atoms with Crippen LogP contribution in [0.4, 0.5) is 0 Å². The molecule has 0 fully saturated rings. The van der Waals surface area contributed by atoms with E-state index in [2.05, 4.69) is 44.3 Å². The van der Waals surface area contributed by atoms with Gasteiger partial charge in [0, 0.05) is 11.1 Å². The minimum Gasteiger partial charge on any atom is -0.313 e. The van der Waals surface area contributed by atoms with Gasteiger partial charge in [-0.05, 0) is 49.4 Å². The first-order chi connectivity index (χ1) is 7.83. The van der Waals surface area contributed by atoms with Gasteiger partial charge in [0.1, 0.15) is 0 Å². The molecule has 1 nitrogen and oxygen atoms in total. The Bertz CT molecular complexity index is 366. The van der Waals surface area contributed by atoms with Crippen LogP contribution in [0.25, 0.3) is 0 Å². The van der Waals surface area contributed by atoms with Gasteiger partial charge in [-0.3, -0.25) is 0 Å². The van der Waals surface area contributed by atoms with E-state index in [9.17, 15) is 0 Å². The van der Waals surface area contributed by atoms with Gasteiger partial charge in [-0.15, -0.1) is 0 Å². The van der Waals surface area contributed by atoms with Gasteiger partial charge in [-0.1, -0.05) is 44.5 Å². The van der Waals surface area contributed by atoms with Crippen LogP contribution >= 0.6 is 11.6 Å². The third-order valence-electron chi connectivity index (χ3n) is 3.13. The Morgan fingerprint density at radius 2 is 1.94 bits per heavy atom. The van der Waals surface area contributed by atoms with E-state index >= 15 is 0 Å². The Morgan fingerprint density at radius 3 is 2.41 bits per heavy atom. The summed E-state index contributed by atoms with van der Waals surface area (Å²) in [6.07, 6.45) is 2.34. The maximum absolute atomic E-state index is 6.18. The van der Waals surface area contributed by atoms with E-state index in [0.29, 0.717) is 11.5 Å². The lowest BCUT2D eigenvalue weighted by Crippen LogP contribution is -2.19. The third kappa shape index (κ3) is 4.69. The minimum atomic E-state index is 0.379. The zero-order chi connectivity index (χ0) is 13.1. The van der Waals surface area contributed by atoms with Gasteiger partial charge in [0.25, 0.3) is 0 Å². The highest BCUT2D eigenvalue weighted by molar-refractivity contribution is 6.31. The molecular weight excluding hydrogens is 230 g/mol. The monoisotopic (exact) mass is 253 g/mol. The summed E-state index contributed by atoms with van der Waals surface area (Å²) in [5.41, 5.74) is 2.80. The lowest BCUT2D eigenvalue weighted by Gasteiger charge is -2.23. The van der Waals surface area contributed by atoms with Crippen molar-refractivity contribution >= 4 is 11.6 Å². The largest absolute Gasteiger partial charge is 0.313 e. The van der Waals surface area contributed by atoms with Crippen LogP contribution in [0, 0.1) is 12.3 Å². The molecule has 1 N–H and O–H groups in total. The van der Waals surface area contributed by atoms with Crippen LogP contribution < -0.4 is 5.32 Å². The van der Waals surface area contributed by atoms with Gasteiger partial charge < -0.3 is 5.32 Å². The van der Waals surface area contributed by atoms with Crippen molar-refractivity contribution in [3.8, 4) is 0 Å². The van der Waals surface area contributed by atoms with Crippen LogP contribution in [-0.4, -0.2) is 7.05 Å². The van der Waals surface area contributed by atoms with Gasteiger partial charge in [0.2, 0.25) is 0 Å². The van der Waals surface area contributed by atoms with Crippen molar-refractivity contribution in [3.63, 3.8) is 0 Å². The second kappa shape index (κ2) is 5.88. The molecule has 0 aliphatic heterocycles. The fraction of sp³-hybridized carbons (Fsp3) is 0.600. The first kappa shape index (κ1) is 14.5. The number of rotatable bonds is 4. The van der Waals surface area contributed by atoms with Gasteiger partial charge in [-0.25, -0.2) is 0 Å². The first-order valence-electron chi connectivity index (χ1n) is 6.27. The molecule has 1 aromatic rings. The summed E-state index contributed by atoms with van der Waals surface area (Å²) < 4.78 is 0. The standard InChI is InChI=1S/C15H24ClN/c1-11-6-7-12(10-13(11)16)14(17-5)8-9-15(2,3)4/h6-7,10,14,17H,8-9H2,1-5H3. The van der Waals surface area contributed by atoms with Gasteiger partial charge in [0.05, 0.1) is 0 Å². The molecule has 2 heteroatoms. The molecule has 0 aromatic heterocycles. The third-order valence-corrected chi connectivity index (χ3v) is 3.54. The topological polar surface area (TPSA) is 12.0 Å². The minimum absolute atomic E-state index is 0.379.